The first-order valence-electron chi connectivity index (χ1n) is 8.04. The Labute approximate surface area is 121 Å². The molecule has 0 radical (unpaired) electrons. The van der Waals surface area contributed by atoms with Gasteiger partial charge in [0.2, 0.25) is 5.91 Å². The minimum absolute atomic E-state index is 0.0322. The number of amides is 3. The normalized spacial score (nSPS) is 20.9. The number of rotatable bonds is 4. The molecule has 0 unspecified atom stereocenters. The molecule has 2 aliphatic rings. The highest BCUT2D eigenvalue weighted by Gasteiger charge is 2.24. The summed E-state index contributed by atoms with van der Waals surface area (Å²) in [4.78, 5) is 25.6. The number of nitrogens with zero attached hydrogens (tertiary/aromatic N) is 1. The lowest BCUT2D eigenvalue weighted by atomic mass is 10.0. The van der Waals surface area contributed by atoms with Crippen LogP contribution in [0.3, 0.4) is 0 Å². The molecule has 114 valence electrons. The Morgan fingerprint density at radius 3 is 2.10 bits per heavy atom. The Bertz CT molecular complexity index is 332. The van der Waals surface area contributed by atoms with Crippen LogP contribution < -0.4 is 10.6 Å². The predicted octanol–water partition coefficient (Wildman–Crippen LogP) is 2.02. The molecule has 5 nitrogen and oxygen atoms in total. The second kappa shape index (κ2) is 7.50. The first-order chi connectivity index (χ1) is 9.69. The third kappa shape index (κ3) is 4.39. The average Bonchev–Trinajstić information content (AvgIpc) is 2.92. The molecule has 0 atom stereocenters. The zero-order valence-electron chi connectivity index (χ0n) is 12.5. The molecule has 2 rings (SSSR count). The summed E-state index contributed by atoms with van der Waals surface area (Å²) in [5.41, 5.74) is 0. The van der Waals surface area contributed by atoms with Crippen molar-refractivity contribution in [1.82, 2.24) is 15.5 Å². The summed E-state index contributed by atoms with van der Waals surface area (Å²) in [5, 5.41) is 6.10. The quantitative estimate of drug-likeness (QED) is 0.828. The second-order valence-corrected chi connectivity index (χ2v) is 6.00. The van der Waals surface area contributed by atoms with Crippen molar-refractivity contribution in [3.8, 4) is 0 Å². The number of carbonyl (C=O) groups excluding carboxylic acids is 2. The lowest BCUT2D eigenvalue weighted by molar-refractivity contribution is -0.132. The van der Waals surface area contributed by atoms with Crippen molar-refractivity contribution in [2.45, 2.75) is 70.4 Å². The standard InChI is InChI=1S/C15H27N3O2/c1-2-5-14(19)18-10-8-13(9-11-18)17-15(20)16-12-6-3-4-7-12/h12-13H,2-11H2,1H3,(H2,16,17,20). The molecule has 0 aromatic carbocycles. The Morgan fingerprint density at radius 1 is 1.00 bits per heavy atom. The molecule has 1 saturated heterocycles. The zero-order valence-corrected chi connectivity index (χ0v) is 12.5. The minimum Gasteiger partial charge on any atom is -0.343 e. The highest BCUT2D eigenvalue weighted by Crippen LogP contribution is 2.17. The van der Waals surface area contributed by atoms with E-state index in [0.29, 0.717) is 12.5 Å². The summed E-state index contributed by atoms with van der Waals surface area (Å²) in [7, 11) is 0. The molecule has 3 amide bonds. The van der Waals surface area contributed by atoms with Gasteiger partial charge in [0.1, 0.15) is 0 Å². The molecule has 1 heterocycles. The van der Waals surface area contributed by atoms with Crippen LogP contribution in [0.5, 0.6) is 0 Å². The maximum absolute atomic E-state index is 11.9. The van der Waals surface area contributed by atoms with E-state index in [1.54, 1.807) is 0 Å². The summed E-state index contributed by atoms with van der Waals surface area (Å²) in [6, 6.07) is 0.540. The van der Waals surface area contributed by atoms with Crippen LogP contribution in [0.15, 0.2) is 0 Å². The molecular formula is C15H27N3O2. The predicted molar refractivity (Wildman–Crippen MR) is 78.4 cm³/mol. The van der Waals surface area contributed by atoms with E-state index in [-0.39, 0.29) is 18.0 Å². The van der Waals surface area contributed by atoms with E-state index < -0.39 is 0 Å². The monoisotopic (exact) mass is 281 g/mol. The molecule has 5 heteroatoms. The Morgan fingerprint density at radius 2 is 1.55 bits per heavy atom. The van der Waals surface area contributed by atoms with Gasteiger partial charge in [0.05, 0.1) is 0 Å². The molecular weight excluding hydrogens is 254 g/mol. The second-order valence-electron chi connectivity index (χ2n) is 6.00. The fraction of sp³-hybridized carbons (Fsp3) is 0.867. The fourth-order valence-corrected chi connectivity index (χ4v) is 3.13. The van der Waals surface area contributed by atoms with Gasteiger partial charge in [-0.15, -0.1) is 0 Å². The van der Waals surface area contributed by atoms with Crippen LogP contribution in [0.4, 0.5) is 4.79 Å². The smallest absolute Gasteiger partial charge is 0.315 e. The van der Waals surface area contributed by atoms with Crippen LogP contribution in [0.1, 0.15) is 58.3 Å². The van der Waals surface area contributed by atoms with Crippen molar-refractivity contribution in [3.63, 3.8) is 0 Å². The van der Waals surface area contributed by atoms with Crippen LogP contribution in [0.2, 0.25) is 0 Å². The first-order valence-corrected chi connectivity index (χ1v) is 8.04. The highest BCUT2D eigenvalue weighted by atomic mass is 16.2. The third-order valence-corrected chi connectivity index (χ3v) is 4.34. The van der Waals surface area contributed by atoms with Crippen molar-refractivity contribution in [2.24, 2.45) is 0 Å². The molecule has 20 heavy (non-hydrogen) atoms. The molecule has 1 saturated carbocycles. The van der Waals surface area contributed by atoms with E-state index in [1.807, 2.05) is 11.8 Å². The van der Waals surface area contributed by atoms with Crippen molar-refractivity contribution < 1.29 is 9.59 Å². The third-order valence-electron chi connectivity index (χ3n) is 4.34. The van der Waals surface area contributed by atoms with Gasteiger partial charge in [-0.25, -0.2) is 4.79 Å². The SMILES string of the molecule is CCCC(=O)N1CCC(NC(=O)NC2CCCC2)CC1. The fourth-order valence-electron chi connectivity index (χ4n) is 3.13. The van der Waals surface area contributed by atoms with Gasteiger partial charge in [0.15, 0.2) is 0 Å². The molecule has 1 aliphatic carbocycles. The largest absolute Gasteiger partial charge is 0.343 e. The number of hydrogen-bond donors (Lipinski definition) is 2. The van der Waals surface area contributed by atoms with Gasteiger partial charge < -0.3 is 15.5 Å². The van der Waals surface area contributed by atoms with Gasteiger partial charge >= 0.3 is 6.03 Å². The number of nitrogens with one attached hydrogen (secondary N) is 2. The number of hydrogen-bond acceptors (Lipinski definition) is 2. The molecule has 2 N–H and O–H groups in total. The summed E-state index contributed by atoms with van der Waals surface area (Å²) >= 11 is 0. The molecule has 1 aliphatic heterocycles. The van der Waals surface area contributed by atoms with Gasteiger partial charge in [0.25, 0.3) is 0 Å². The van der Waals surface area contributed by atoms with Crippen molar-refractivity contribution in [2.75, 3.05) is 13.1 Å². The van der Waals surface area contributed by atoms with E-state index >= 15 is 0 Å². The molecule has 0 spiro atoms. The topological polar surface area (TPSA) is 61.4 Å². The lowest BCUT2D eigenvalue weighted by Gasteiger charge is -2.32. The summed E-state index contributed by atoms with van der Waals surface area (Å²) in [6.07, 6.45) is 7.95. The van der Waals surface area contributed by atoms with E-state index in [2.05, 4.69) is 10.6 Å². The number of carbonyl (C=O) groups is 2. The molecule has 2 fully saturated rings. The van der Waals surface area contributed by atoms with E-state index in [0.717, 1.165) is 45.2 Å². The van der Waals surface area contributed by atoms with Gasteiger partial charge in [-0.1, -0.05) is 19.8 Å². The maximum Gasteiger partial charge on any atom is 0.315 e. The number of urea groups is 1. The van der Waals surface area contributed by atoms with Crippen molar-refractivity contribution in [1.29, 1.82) is 0 Å². The van der Waals surface area contributed by atoms with Crippen molar-refractivity contribution >= 4 is 11.9 Å². The zero-order chi connectivity index (χ0) is 14.4. The summed E-state index contributed by atoms with van der Waals surface area (Å²) in [5.74, 6) is 0.251. The van der Waals surface area contributed by atoms with E-state index in [9.17, 15) is 9.59 Å². The molecule has 0 aromatic rings. The molecule has 0 aromatic heterocycles. The van der Waals surface area contributed by atoms with Crippen LogP contribution >= 0.6 is 0 Å². The Hall–Kier alpha value is -1.26. The maximum atomic E-state index is 11.9. The van der Waals surface area contributed by atoms with Gasteiger partial charge in [0, 0.05) is 31.6 Å². The summed E-state index contributed by atoms with van der Waals surface area (Å²) < 4.78 is 0. The Kier molecular flexibility index (Phi) is 5.68. The average molecular weight is 281 g/mol. The highest BCUT2D eigenvalue weighted by molar-refractivity contribution is 5.76. The van der Waals surface area contributed by atoms with Crippen LogP contribution in [-0.4, -0.2) is 42.0 Å². The van der Waals surface area contributed by atoms with Gasteiger partial charge in [-0.05, 0) is 32.1 Å². The Balaban J connectivity index is 1.65. The number of likely N-dealkylation sites (tertiary alicyclic amines) is 1. The lowest BCUT2D eigenvalue weighted by Crippen LogP contribution is -2.50. The first kappa shape index (κ1) is 15.1. The van der Waals surface area contributed by atoms with Crippen molar-refractivity contribution in [3.05, 3.63) is 0 Å². The van der Waals surface area contributed by atoms with Gasteiger partial charge in [-0.3, -0.25) is 4.79 Å². The van der Waals surface area contributed by atoms with Crippen LogP contribution in [0, 0.1) is 0 Å². The molecule has 0 bridgehead atoms. The number of piperidine rings is 1. The van der Waals surface area contributed by atoms with E-state index in [4.69, 9.17) is 0 Å². The van der Waals surface area contributed by atoms with Crippen LogP contribution in [0.25, 0.3) is 0 Å². The van der Waals surface area contributed by atoms with Gasteiger partial charge in [-0.2, -0.15) is 0 Å². The van der Waals surface area contributed by atoms with Crippen LogP contribution in [-0.2, 0) is 4.79 Å². The van der Waals surface area contributed by atoms with E-state index in [1.165, 1.54) is 12.8 Å². The summed E-state index contributed by atoms with van der Waals surface area (Å²) in [6.45, 7) is 3.57. The minimum atomic E-state index is -0.0322.